The molecule has 0 N–H and O–H groups in total. The maximum absolute atomic E-state index is 11.9. The molecule has 0 radical (unpaired) electrons. The molecule has 21 heavy (non-hydrogen) atoms. The zero-order chi connectivity index (χ0) is 15.4. The summed E-state index contributed by atoms with van der Waals surface area (Å²) in [6.45, 7) is 8.66. The molecule has 2 rings (SSSR count). The van der Waals surface area contributed by atoms with Crippen LogP contribution in [0.1, 0.15) is 46.0 Å². The first-order chi connectivity index (χ1) is 10.0. The van der Waals surface area contributed by atoms with Crippen LogP contribution in [0.25, 0.3) is 0 Å². The predicted molar refractivity (Wildman–Crippen MR) is 86.0 cm³/mol. The second-order valence-corrected chi connectivity index (χ2v) is 5.44. The molecule has 0 fully saturated rings. The molecule has 0 spiro atoms. The van der Waals surface area contributed by atoms with Crippen LogP contribution in [0.3, 0.4) is 0 Å². The topological polar surface area (TPSA) is 26.3 Å². The summed E-state index contributed by atoms with van der Waals surface area (Å²) >= 11 is 0. The van der Waals surface area contributed by atoms with Crippen molar-refractivity contribution in [2.24, 2.45) is 0 Å². The number of carbonyl (C=O) groups excluding carboxylic acids is 1. The van der Waals surface area contributed by atoms with E-state index < -0.39 is 0 Å². The number of hydrogen-bond acceptors (Lipinski definition) is 2. The first kappa shape index (κ1) is 15.3. The van der Waals surface area contributed by atoms with Gasteiger partial charge in [-0.15, -0.1) is 0 Å². The average Bonchev–Trinajstić information content (AvgIpc) is 2.45. The van der Waals surface area contributed by atoms with E-state index in [2.05, 4.69) is 32.9 Å². The van der Waals surface area contributed by atoms with Gasteiger partial charge in [-0.2, -0.15) is 0 Å². The highest BCUT2D eigenvalue weighted by molar-refractivity contribution is 5.98. The summed E-state index contributed by atoms with van der Waals surface area (Å²) in [6, 6.07) is 11.8. The molecule has 0 bridgehead atoms. The number of para-hydroxylation sites is 1. The van der Waals surface area contributed by atoms with E-state index >= 15 is 0 Å². The van der Waals surface area contributed by atoms with Gasteiger partial charge in [0.2, 0.25) is 0 Å². The van der Waals surface area contributed by atoms with Gasteiger partial charge in [0, 0.05) is 6.42 Å². The van der Waals surface area contributed by atoms with Gasteiger partial charge in [0.15, 0.2) is 5.78 Å². The molecule has 0 atom stereocenters. The van der Waals surface area contributed by atoms with Crippen LogP contribution in [-0.4, -0.2) is 5.78 Å². The van der Waals surface area contributed by atoms with Crippen LogP contribution < -0.4 is 4.74 Å². The monoisotopic (exact) mass is 282 g/mol. The molecule has 0 unspecified atom stereocenters. The quantitative estimate of drug-likeness (QED) is 0.737. The van der Waals surface area contributed by atoms with Gasteiger partial charge < -0.3 is 4.74 Å². The van der Waals surface area contributed by atoms with E-state index in [1.165, 1.54) is 22.3 Å². The van der Waals surface area contributed by atoms with Crippen molar-refractivity contribution in [3.63, 3.8) is 0 Å². The molecule has 0 aromatic heterocycles. The van der Waals surface area contributed by atoms with Crippen LogP contribution in [0.15, 0.2) is 36.4 Å². The highest BCUT2D eigenvalue weighted by Gasteiger charge is 2.11. The Morgan fingerprint density at radius 1 is 1.05 bits per heavy atom. The summed E-state index contributed by atoms with van der Waals surface area (Å²) in [5.41, 5.74) is 5.58. The fourth-order valence-electron chi connectivity index (χ4n) is 2.60. The Labute approximate surface area is 126 Å². The maximum atomic E-state index is 11.9. The van der Waals surface area contributed by atoms with Crippen molar-refractivity contribution in [2.45, 2.75) is 40.7 Å². The molecule has 0 aliphatic heterocycles. The van der Waals surface area contributed by atoms with Crippen LogP contribution in [0.5, 0.6) is 5.75 Å². The summed E-state index contributed by atoms with van der Waals surface area (Å²) in [4.78, 5) is 11.9. The van der Waals surface area contributed by atoms with Crippen molar-refractivity contribution in [1.29, 1.82) is 0 Å². The van der Waals surface area contributed by atoms with Crippen LogP contribution >= 0.6 is 0 Å². The Bertz CT molecular complexity index is 633. The smallest absolute Gasteiger partial charge is 0.166 e. The first-order valence-electron chi connectivity index (χ1n) is 7.34. The molecule has 0 saturated carbocycles. The fourth-order valence-corrected chi connectivity index (χ4v) is 2.60. The van der Waals surface area contributed by atoms with Crippen LogP contribution in [0.4, 0.5) is 0 Å². The Morgan fingerprint density at radius 3 is 2.29 bits per heavy atom. The minimum Gasteiger partial charge on any atom is -0.488 e. The van der Waals surface area contributed by atoms with Gasteiger partial charge in [0.05, 0.1) is 5.56 Å². The molecule has 0 aliphatic rings. The predicted octanol–water partition coefficient (Wildman–Crippen LogP) is 4.78. The maximum Gasteiger partial charge on any atom is 0.166 e. The van der Waals surface area contributed by atoms with E-state index in [4.69, 9.17) is 4.74 Å². The minimum absolute atomic E-state index is 0.114. The largest absolute Gasteiger partial charge is 0.488 e. The second-order valence-electron chi connectivity index (χ2n) is 5.44. The van der Waals surface area contributed by atoms with Gasteiger partial charge in [-0.05, 0) is 49.6 Å². The lowest BCUT2D eigenvalue weighted by Gasteiger charge is -2.14. The lowest BCUT2D eigenvalue weighted by atomic mass is 10.0. The van der Waals surface area contributed by atoms with Crippen LogP contribution in [-0.2, 0) is 6.61 Å². The summed E-state index contributed by atoms with van der Waals surface area (Å²) in [7, 11) is 0. The van der Waals surface area contributed by atoms with E-state index in [0.29, 0.717) is 24.3 Å². The second kappa shape index (κ2) is 6.57. The summed E-state index contributed by atoms with van der Waals surface area (Å²) in [5, 5.41) is 0. The number of benzene rings is 2. The third-order valence-electron chi connectivity index (χ3n) is 3.72. The van der Waals surface area contributed by atoms with Gasteiger partial charge in [-0.25, -0.2) is 0 Å². The molecule has 0 aliphatic carbocycles. The first-order valence-corrected chi connectivity index (χ1v) is 7.34. The zero-order valence-corrected chi connectivity index (χ0v) is 13.2. The Morgan fingerprint density at radius 2 is 1.67 bits per heavy atom. The van der Waals surface area contributed by atoms with Crippen molar-refractivity contribution >= 4 is 5.78 Å². The highest BCUT2D eigenvalue weighted by Crippen LogP contribution is 2.23. The fraction of sp³-hybridized carbons (Fsp3) is 0.316. The van der Waals surface area contributed by atoms with E-state index in [-0.39, 0.29) is 5.78 Å². The molecule has 2 nitrogen and oxygen atoms in total. The van der Waals surface area contributed by atoms with Gasteiger partial charge in [-0.1, -0.05) is 36.8 Å². The lowest BCUT2D eigenvalue weighted by Crippen LogP contribution is -2.05. The molecule has 2 aromatic rings. The molecule has 110 valence electrons. The number of Topliss-reactive ketones (excluding diaryl/α,β-unsaturated/α-hetero) is 1. The molecule has 0 amide bonds. The number of hydrogen-bond donors (Lipinski definition) is 0. The van der Waals surface area contributed by atoms with Gasteiger partial charge in [-0.3, -0.25) is 4.79 Å². The standard InChI is InChI=1S/C19H22O2/c1-5-18(20)16-8-6-7-9-19(16)21-12-17-14(3)10-13(2)11-15(17)4/h6-11H,5,12H2,1-4H3. The third-order valence-corrected chi connectivity index (χ3v) is 3.72. The third kappa shape index (κ3) is 3.52. The Kier molecular flexibility index (Phi) is 4.79. The Balaban J connectivity index is 2.23. The van der Waals surface area contributed by atoms with Gasteiger partial charge in [0.25, 0.3) is 0 Å². The molecular formula is C19H22O2. The zero-order valence-electron chi connectivity index (χ0n) is 13.2. The van der Waals surface area contributed by atoms with Crippen LogP contribution in [0.2, 0.25) is 0 Å². The molecule has 0 saturated heterocycles. The van der Waals surface area contributed by atoms with Crippen molar-refractivity contribution < 1.29 is 9.53 Å². The number of ketones is 1. The summed E-state index contributed by atoms with van der Waals surface area (Å²) < 4.78 is 5.93. The minimum atomic E-state index is 0.114. The molecular weight excluding hydrogens is 260 g/mol. The summed E-state index contributed by atoms with van der Waals surface area (Å²) in [6.07, 6.45) is 0.489. The molecule has 2 aromatic carbocycles. The van der Waals surface area contributed by atoms with Crippen molar-refractivity contribution in [3.05, 3.63) is 64.2 Å². The van der Waals surface area contributed by atoms with Crippen molar-refractivity contribution in [2.75, 3.05) is 0 Å². The summed E-state index contributed by atoms with van der Waals surface area (Å²) in [5.74, 6) is 0.784. The van der Waals surface area contributed by atoms with E-state index in [1.807, 2.05) is 31.2 Å². The SMILES string of the molecule is CCC(=O)c1ccccc1OCc1c(C)cc(C)cc1C. The van der Waals surface area contributed by atoms with E-state index in [1.54, 1.807) is 0 Å². The van der Waals surface area contributed by atoms with Crippen LogP contribution in [0, 0.1) is 20.8 Å². The van der Waals surface area contributed by atoms with E-state index in [0.717, 1.165) is 0 Å². The van der Waals surface area contributed by atoms with Gasteiger partial charge >= 0.3 is 0 Å². The number of ether oxygens (including phenoxy) is 1. The lowest BCUT2D eigenvalue weighted by molar-refractivity contribution is 0.0983. The average molecular weight is 282 g/mol. The van der Waals surface area contributed by atoms with Gasteiger partial charge in [0.1, 0.15) is 12.4 Å². The van der Waals surface area contributed by atoms with Crippen molar-refractivity contribution in [3.8, 4) is 5.75 Å². The Hall–Kier alpha value is -2.09. The van der Waals surface area contributed by atoms with E-state index in [9.17, 15) is 4.79 Å². The number of aryl methyl sites for hydroxylation is 3. The van der Waals surface area contributed by atoms with Crippen molar-refractivity contribution in [1.82, 2.24) is 0 Å². The molecule has 0 heterocycles. The number of rotatable bonds is 5. The molecule has 2 heteroatoms. The normalized spacial score (nSPS) is 10.5. The number of carbonyl (C=O) groups is 1. The highest BCUT2D eigenvalue weighted by atomic mass is 16.5.